The number of hydrogen-bond donors (Lipinski definition) is 2. The Hall–Kier alpha value is -1.56. The molecule has 0 unspecified atom stereocenters. The average Bonchev–Trinajstić information content (AvgIpc) is 2.42. The molecule has 0 spiro atoms. The predicted octanol–water partition coefficient (Wildman–Crippen LogP) is 3.10. The van der Waals surface area contributed by atoms with E-state index in [0.717, 1.165) is 31.1 Å². The molecule has 0 heterocycles. The maximum absolute atomic E-state index is 12.2. The summed E-state index contributed by atoms with van der Waals surface area (Å²) < 4.78 is 23.2. The van der Waals surface area contributed by atoms with E-state index in [1.165, 1.54) is 12.5 Å². The van der Waals surface area contributed by atoms with Crippen LogP contribution in [0.2, 0.25) is 0 Å². The van der Waals surface area contributed by atoms with Gasteiger partial charge in [-0.3, -0.25) is 0 Å². The quantitative estimate of drug-likeness (QED) is 0.897. The summed E-state index contributed by atoms with van der Waals surface area (Å²) in [6.07, 6.45) is 5.64. The lowest BCUT2D eigenvalue weighted by atomic mass is 9.86. The lowest BCUT2D eigenvalue weighted by molar-refractivity contribution is 0.232. The predicted molar refractivity (Wildman–Crippen MR) is 87.9 cm³/mol. The highest BCUT2D eigenvalue weighted by atomic mass is 32.2. The molecule has 122 valence electrons. The third kappa shape index (κ3) is 4.22. The Morgan fingerprint density at radius 1 is 1.23 bits per heavy atom. The fourth-order valence-corrected chi connectivity index (χ4v) is 3.47. The van der Waals surface area contributed by atoms with Crippen molar-refractivity contribution < 1.29 is 13.2 Å². The molecule has 1 aliphatic carbocycles. The van der Waals surface area contributed by atoms with Crippen molar-refractivity contribution in [3.05, 3.63) is 23.8 Å². The Bertz CT molecular complexity index is 655. The van der Waals surface area contributed by atoms with E-state index in [0.29, 0.717) is 11.6 Å². The van der Waals surface area contributed by atoms with Crippen molar-refractivity contribution >= 4 is 21.6 Å². The van der Waals surface area contributed by atoms with Crippen LogP contribution in [0.5, 0.6) is 0 Å². The summed E-state index contributed by atoms with van der Waals surface area (Å²) in [6.45, 7) is 3.99. The Balaban J connectivity index is 2.08. The van der Waals surface area contributed by atoms with Gasteiger partial charge < -0.3 is 10.6 Å². The van der Waals surface area contributed by atoms with Gasteiger partial charge in [-0.1, -0.05) is 25.8 Å². The molecule has 5 nitrogen and oxygen atoms in total. The Kier molecular flexibility index (Phi) is 5.11. The van der Waals surface area contributed by atoms with Crippen molar-refractivity contribution in [1.82, 2.24) is 5.32 Å². The van der Waals surface area contributed by atoms with Gasteiger partial charge in [0, 0.05) is 18.0 Å². The molecule has 22 heavy (non-hydrogen) atoms. The van der Waals surface area contributed by atoms with Gasteiger partial charge in [0.05, 0.1) is 4.90 Å². The molecule has 2 rings (SSSR count). The third-order valence-corrected chi connectivity index (χ3v) is 5.42. The van der Waals surface area contributed by atoms with Crippen molar-refractivity contribution in [3.8, 4) is 0 Å². The first-order chi connectivity index (χ1) is 10.3. The molecule has 0 saturated heterocycles. The van der Waals surface area contributed by atoms with Crippen LogP contribution in [0.25, 0.3) is 0 Å². The summed E-state index contributed by atoms with van der Waals surface area (Å²) in [7, 11) is -3.29. The van der Waals surface area contributed by atoms with E-state index in [-0.39, 0.29) is 17.0 Å². The molecule has 1 saturated carbocycles. The molecular weight excluding hydrogens is 300 g/mol. The average molecular weight is 324 g/mol. The van der Waals surface area contributed by atoms with Crippen molar-refractivity contribution in [2.24, 2.45) is 5.92 Å². The number of rotatable bonds is 3. The summed E-state index contributed by atoms with van der Waals surface area (Å²) in [6, 6.07) is 4.68. The van der Waals surface area contributed by atoms with Crippen molar-refractivity contribution in [1.29, 1.82) is 0 Å². The number of benzene rings is 1. The first-order valence-electron chi connectivity index (χ1n) is 7.65. The van der Waals surface area contributed by atoms with Gasteiger partial charge in [0.2, 0.25) is 0 Å². The minimum absolute atomic E-state index is 0.187. The van der Waals surface area contributed by atoms with Crippen LogP contribution in [0.1, 0.15) is 38.2 Å². The van der Waals surface area contributed by atoms with Crippen molar-refractivity contribution in [2.75, 3.05) is 11.6 Å². The van der Waals surface area contributed by atoms with Gasteiger partial charge in [-0.2, -0.15) is 0 Å². The van der Waals surface area contributed by atoms with Crippen LogP contribution < -0.4 is 10.6 Å². The van der Waals surface area contributed by atoms with Crippen LogP contribution in [0.3, 0.4) is 0 Å². The van der Waals surface area contributed by atoms with E-state index in [1.807, 2.05) is 6.92 Å². The van der Waals surface area contributed by atoms with E-state index >= 15 is 0 Å². The molecule has 2 atom stereocenters. The maximum Gasteiger partial charge on any atom is 0.319 e. The molecule has 6 heteroatoms. The molecule has 0 bridgehead atoms. The Morgan fingerprint density at radius 2 is 1.91 bits per heavy atom. The Morgan fingerprint density at radius 3 is 2.55 bits per heavy atom. The number of aryl methyl sites for hydroxylation is 1. The Labute approximate surface area is 132 Å². The summed E-state index contributed by atoms with van der Waals surface area (Å²) in [5, 5.41) is 5.78. The molecule has 0 aromatic heterocycles. The minimum atomic E-state index is -3.29. The number of amides is 2. The SMILES string of the molecule is Cc1ccc(S(C)(=O)=O)cc1NC(=O)N[C@H]1CCCC[C@@H]1C. The van der Waals surface area contributed by atoms with Gasteiger partial charge in [0.1, 0.15) is 0 Å². The first-order valence-corrected chi connectivity index (χ1v) is 9.55. The van der Waals surface area contributed by atoms with E-state index in [4.69, 9.17) is 0 Å². The molecule has 1 fully saturated rings. The lowest BCUT2D eigenvalue weighted by Gasteiger charge is -2.29. The van der Waals surface area contributed by atoms with Crippen molar-refractivity contribution in [2.45, 2.75) is 50.5 Å². The highest BCUT2D eigenvalue weighted by Gasteiger charge is 2.23. The number of nitrogens with one attached hydrogen (secondary N) is 2. The van der Waals surface area contributed by atoms with Gasteiger partial charge in [0.25, 0.3) is 0 Å². The number of carbonyl (C=O) groups excluding carboxylic acids is 1. The second kappa shape index (κ2) is 6.69. The zero-order valence-electron chi connectivity index (χ0n) is 13.3. The molecule has 2 N–H and O–H groups in total. The van der Waals surface area contributed by atoms with Gasteiger partial charge in [-0.25, -0.2) is 13.2 Å². The van der Waals surface area contributed by atoms with E-state index in [1.54, 1.807) is 12.1 Å². The van der Waals surface area contributed by atoms with Crippen LogP contribution in [-0.2, 0) is 9.84 Å². The van der Waals surface area contributed by atoms with Crippen LogP contribution >= 0.6 is 0 Å². The normalized spacial score (nSPS) is 22.1. The van der Waals surface area contributed by atoms with Crippen LogP contribution in [0.15, 0.2) is 23.1 Å². The maximum atomic E-state index is 12.2. The smallest absolute Gasteiger partial charge is 0.319 e. The summed E-state index contributed by atoms with van der Waals surface area (Å²) in [5.74, 6) is 0.475. The largest absolute Gasteiger partial charge is 0.335 e. The molecule has 1 aliphatic rings. The first kappa shape index (κ1) is 16.8. The number of urea groups is 1. The summed E-state index contributed by atoms with van der Waals surface area (Å²) >= 11 is 0. The molecule has 2 amide bonds. The second-order valence-corrected chi connectivity index (χ2v) is 8.23. The zero-order chi connectivity index (χ0) is 16.3. The zero-order valence-corrected chi connectivity index (χ0v) is 14.2. The van der Waals surface area contributed by atoms with Crippen LogP contribution in [0.4, 0.5) is 10.5 Å². The van der Waals surface area contributed by atoms with Gasteiger partial charge in [-0.05, 0) is 43.4 Å². The van der Waals surface area contributed by atoms with Crippen molar-refractivity contribution in [3.63, 3.8) is 0 Å². The van der Waals surface area contributed by atoms with Gasteiger partial charge >= 0.3 is 6.03 Å². The molecule has 1 aromatic rings. The molecule has 1 aromatic carbocycles. The summed E-state index contributed by atoms with van der Waals surface area (Å²) in [4.78, 5) is 12.4. The van der Waals surface area contributed by atoms with Crippen LogP contribution in [-0.4, -0.2) is 26.7 Å². The van der Waals surface area contributed by atoms with E-state index < -0.39 is 9.84 Å². The van der Waals surface area contributed by atoms with Gasteiger partial charge in [0.15, 0.2) is 9.84 Å². The molecular formula is C16H24N2O3S. The van der Waals surface area contributed by atoms with E-state index in [2.05, 4.69) is 17.6 Å². The lowest BCUT2D eigenvalue weighted by Crippen LogP contribution is -2.43. The highest BCUT2D eigenvalue weighted by Crippen LogP contribution is 2.24. The topological polar surface area (TPSA) is 75.3 Å². The number of carbonyl (C=O) groups is 1. The number of anilines is 1. The minimum Gasteiger partial charge on any atom is -0.335 e. The number of hydrogen-bond acceptors (Lipinski definition) is 3. The van der Waals surface area contributed by atoms with Crippen LogP contribution in [0, 0.1) is 12.8 Å². The summed E-state index contributed by atoms with van der Waals surface area (Å²) in [5.41, 5.74) is 1.36. The monoisotopic (exact) mass is 324 g/mol. The number of sulfone groups is 1. The van der Waals surface area contributed by atoms with E-state index in [9.17, 15) is 13.2 Å². The third-order valence-electron chi connectivity index (χ3n) is 4.31. The second-order valence-electron chi connectivity index (χ2n) is 6.22. The molecule has 0 radical (unpaired) electrons. The standard InChI is InChI=1S/C16H24N2O3S/c1-11-6-4-5-7-14(11)17-16(19)18-15-10-13(22(3,20)21)9-8-12(15)2/h8-11,14H,4-7H2,1-3H3,(H2,17,18,19)/t11-,14-/m0/s1. The van der Waals surface area contributed by atoms with Gasteiger partial charge in [-0.15, -0.1) is 0 Å². The fraction of sp³-hybridized carbons (Fsp3) is 0.562. The molecule has 0 aliphatic heterocycles. The fourth-order valence-electron chi connectivity index (χ4n) is 2.82. The highest BCUT2D eigenvalue weighted by molar-refractivity contribution is 7.90.